The number of amides is 1. The molecule has 0 spiro atoms. The van der Waals surface area contributed by atoms with E-state index in [4.69, 9.17) is 9.47 Å². The maximum absolute atomic E-state index is 11.2. The number of rotatable bonds is 10. The van der Waals surface area contributed by atoms with Crippen LogP contribution in [0.3, 0.4) is 0 Å². The van der Waals surface area contributed by atoms with Crippen LogP contribution in [0.1, 0.15) is 39.5 Å². The Kier molecular flexibility index (Phi) is 9.62. The summed E-state index contributed by atoms with van der Waals surface area (Å²) in [6.45, 7) is 4.16. The molecular weight excluding hydrogens is 238 g/mol. The molecule has 0 aliphatic carbocycles. The van der Waals surface area contributed by atoms with E-state index in [2.05, 4.69) is 5.32 Å². The molecule has 0 aromatic heterocycles. The third kappa shape index (κ3) is 8.55. The van der Waals surface area contributed by atoms with Gasteiger partial charge in [-0.3, -0.25) is 14.4 Å². The van der Waals surface area contributed by atoms with Gasteiger partial charge in [-0.25, -0.2) is 0 Å². The lowest BCUT2D eigenvalue weighted by Gasteiger charge is -2.15. The van der Waals surface area contributed by atoms with Crippen molar-refractivity contribution in [2.75, 3.05) is 13.2 Å². The summed E-state index contributed by atoms with van der Waals surface area (Å²) in [7, 11) is 0. The second kappa shape index (κ2) is 10.6. The van der Waals surface area contributed by atoms with Crippen molar-refractivity contribution in [1.82, 2.24) is 5.32 Å². The minimum absolute atomic E-state index is 0.0377. The average Bonchev–Trinajstić information content (AvgIpc) is 2.33. The molecule has 0 fully saturated rings. The van der Waals surface area contributed by atoms with Gasteiger partial charge in [-0.05, 0) is 12.8 Å². The molecule has 0 aliphatic rings. The molecule has 1 N–H and O–H groups in total. The number of carbonyl (C=O) groups is 3. The maximum atomic E-state index is 11.2. The van der Waals surface area contributed by atoms with Crippen molar-refractivity contribution in [3.8, 4) is 0 Å². The van der Waals surface area contributed by atoms with Crippen LogP contribution in [0.15, 0.2) is 0 Å². The summed E-state index contributed by atoms with van der Waals surface area (Å²) in [6, 6.07) is 0. The molecule has 0 unspecified atom stereocenters. The van der Waals surface area contributed by atoms with Crippen molar-refractivity contribution in [3.63, 3.8) is 0 Å². The third-order valence-electron chi connectivity index (χ3n) is 2.14. The van der Waals surface area contributed by atoms with E-state index in [1.807, 2.05) is 13.8 Å². The van der Waals surface area contributed by atoms with Crippen molar-refractivity contribution in [3.05, 3.63) is 0 Å². The molecule has 6 nitrogen and oxygen atoms in total. The Balaban J connectivity index is 3.94. The summed E-state index contributed by atoms with van der Waals surface area (Å²) in [5.74, 6) is -0.450. The van der Waals surface area contributed by atoms with E-state index in [0.717, 1.165) is 6.42 Å². The summed E-state index contributed by atoms with van der Waals surface area (Å²) >= 11 is 0. The SMILES string of the molecule is CCCC(=O)NC[C@H](COC(=O)CCC)OC=O. The topological polar surface area (TPSA) is 81.7 Å². The molecule has 0 rings (SSSR count). The molecule has 1 atom stereocenters. The highest BCUT2D eigenvalue weighted by Gasteiger charge is 2.13. The molecule has 18 heavy (non-hydrogen) atoms. The van der Waals surface area contributed by atoms with Crippen molar-refractivity contribution in [1.29, 1.82) is 0 Å². The third-order valence-corrected chi connectivity index (χ3v) is 2.14. The molecule has 0 aromatic carbocycles. The second-order valence-corrected chi connectivity index (χ2v) is 3.84. The smallest absolute Gasteiger partial charge is 0.305 e. The van der Waals surface area contributed by atoms with Gasteiger partial charge in [0.2, 0.25) is 5.91 Å². The second-order valence-electron chi connectivity index (χ2n) is 3.84. The molecule has 0 bridgehead atoms. The molecule has 0 aliphatic heterocycles. The Morgan fingerprint density at radius 3 is 2.44 bits per heavy atom. The van der Waals surface area contributed by atoms with E-state index in [0.29, 0.717) is 19.3 Å². The van der Waals surface area contributed by atoms with Crippen LogP contribution >= 0.6 is 0 Å². The Hall–Kier alpha value is -1.59. The highest BCUT2D eigenvalue weighted by Crippen LogP contribution is 1.96. The Morgan fingerprint density at radius 2 is 1.89 bits per heavy atom. The van der Waals surface area contributed by atoms with Crippen LogP contribution < -0.4 is 5.32 Å². The molecule has 0 aromatic rings. The van der Waals surface area contributed by atoms with E-state index >= 15 is 0 Å². The highest BCUT2D eigenvalue weighted by molar-refractivity contribution is 5.75. The Bertz CT molecular complexity index is 245. The van der Waals surface area contributed by atoms with Gasteiger partial charge in [0.05, 0.1) is 6.54 Å². The van der Waals surface area contributed by atoms with Crippen LogP contribution in [-0.4, -0.2) is 37.6 Å². The van der Waals surface area contributed by atoms with E-state index in [-0.39, 0.29) is 31.5 Å². The van der Waals surface area contributed by atoms with Gasteiger partial charge in [0, 0.05) is 12.8 Å². The van der Waals surface area contributed by atoms with E-state index < -0.39 is 6.10 Å². The number of hydrogen-bond donors (Lipinski definition) is 1. The van der Waals surface area contributed by atoms with Crippen LogP contribution in [0.5, 0.6) is 0 Å². The van der Waals surface area contributed by atoms with Gasteiger partial charge in [0.25, 0.3) is 6.47 Å². The zero-order valence-electron chi connectivity index (χ0n) is 10.9. The van der Waals surface area contributed by atoms with Crippen LogP contribution in [0.4, 0.5) is 0 Å². The lowest BCUT2D eigenvalue weighted by molar-refractivity contribution is -0.151. The molecular formula is C12H21NO5. The van der Waals surface area contributed by atoms with Gasteiger partial charge in [-0.15, -0.1) is 0 Å². The van der Waals surface area contributed by atoms with Crippen molar-refractivity contribution in [2.24, 2.45) is 0 Å². The quantitative estimate of drug-likeness (QED) is 0.463. The minimum atomic E-state index is -0.635. The number of esters is 1. The van der Waals surface area contributed by atoms with Gasteiger partial charge in [0.15, 0.2) is 6.10 Å². The number of hydrogen-bond acceptors (Lipinski definition) is 5. The van der Waals surface area contributed by atoms with Gasteiger partial charge in [0.1, 0.15) is 6.61 Å². The maximum Gasteiger partial charge on any atom is 0.305 e. The summed E-state index contributed by atoms with van der Waals surface area (Å²) in [6.07, 6.45) is 1.56. The van der Waals surface area contributed by atoms with E-state index in [9.17, 15) is 14.4 Å². The van der Waals surface area contributed by atoms with Gasteiger partial charge in [-0.1, -0.05) is 13.8 Å². The lowest BCUT2D eigenvalue weighted by Crippen LogP contribution is -2.36. The van der Waals surface area contributed by atoms with Crippen LogP contribution in [0, 0.1) is 0 Å². The lowest BCUT2D eigenvalue weighted by atomic mass is 10.3. The summed E-state index contributed by atoms with van der Waals surface area (Å²) in [4.78, 5) is 32.6. The molecule has 0 saturated heterocycles. The van der Waals surface area contributed by atoms with Gasteiger partial charge < -0.3 is 14.8 Å². The van der Waals surface area contributed by atoms with Gasteiger partial charge in [-0.2, -0.15) is 0 Å². The fourth-order valence-electron chi connectivity index (χ4n) is 1.23. The largest absolute Gasteiger partial charge is 0.462 e. The minimum Gasteiger partial charge on any atom is -0.462 e. The molecule has 0 radical (unpaired) electrons. The monoisotopic (exact) mass is 259 g/mol. The molecule has 6 heteroatoms. The van der Waals surface area contributed by atoms with Crippen molar-refractivity contribution < 1.29 is 23.9 Å². The van der Waals surface area contributed by atoms with Gasteiger partial charge >= 0.3 is 5.97 Å². The van der Waals surface area contributed by atoms with E-state index in [1.165, 1.54) is 0 Å². The number of carbonyl (C=O) groups excluding carboxylic acids is 3. The summed E-state index contributed by atoms with van der Waals surface area (Å²) in [5, 5.41) is 2.61. The first-order valence-electron chi connectivity index (χ1n) is 6.15. The van der Waals surface area contributed by atoms with Crippen molar-refractivity contribution in [2.45, 2.75) is 45.6 Å². The molecule has 0 saturated carbocycles. The zero-order chi connectivity index (χ0) is 13.8. The van der Waals surface area contributed by atoms with Crippen LogP contribution in [-0.2, 0) is 23.9 Å². The normalized spacial score (nSPS) is 11.4. The van der Waals surface area contributed by atoms with Crippen LogP contribution in [0.2, 0.25) is 0 Å². The average molecular weight is 259 g/mol. The molecule has 1 amide bonds. The fraction of sp³-hybridized carbons (Fsp3) is 0.750. The summed E-state index contributed by atoms with van der Waals surface area (Å²) < 4.78 is 9.64. The zero-order valence-corrected chi connectivity index (χ0v) is 10.9. The Morgan fingerprint density at radius 1 is 1.22 bits per heavy atom. The predicted molar refractivity (Wildman–Crippen MR) is 64.7 cm³/mol. The van der Waals surface area contributed by atoms with Crippen molar-refractivity contribution >= 4 is 18.3 Å². The molecule has 104 valence electrons. The first-order valence-corrected chi connectivity index (χ1v) is 6.15. The highest BCUT2D eigenvalue weighted by atomic mass is 16.6. The summed E-state index contributed by atoms with van der Waals surface area (Å²) in [5.41, 5.74) is 0. The van der Waals surface area contributed by atoms with E-state index in [1.54, 1.807) is 0 Å². The first-order chi connectivity index (χ1) is 8.63. The first kappa shape index (κ1) is 16.4. The predicted octanol–water partition coefficient (Wildman–Crippen LogP) is 0.788. The molecule has 0 heterocycles. The Labute approximate surface area is 107 Å². The van der Waals surface area contributed by atoms with Crippen LogP contribution in [0.25, 0.3) is 0 Å². The fourth-order valence-corrected chi connectivity index (χ4v) is 1.23. The number of nitrogens with one attached hydrogen (secondary N) is 1. The standard InChI is InChI=1S/C12H21NO5/c1-3-5-11(15)13-7-10(18-9-14)8-17-12(16)6-4-2/h9-10H,3-8H2,1-2H3,(H,13,15)/t10-/m1/s1. The number of ether oxygens (including phenoxy) is 2.